The first kappa shape index (κ1) is 14.9. The zero-order chi connectivity index (χ0) is 14.1. The summed E-state index contributed by atoms with van der Waals surface area (Å²) >= 11 is 0. The molecule has 1 aliphatic heterocycles. The first-order valence-corrected chi connectivity index (χ1v) is 9.15. The highest BCUT2D eigenvalue weighted by Gasteiger charge is 2.44. The summed E-state index contributed by atoms with van der Waals surface area (Å²) in [6.07, 6.45) is 3.38. The molecule has 0 aromatic carbocycles. The maximum atomic E-state index is 11.3. The zero-order valence-corrected chi connectivity index (χ0v) is 13.1. The molecule has 0 aromatic rings. The molecule has 0 aliphatic carbocycles. The van der Waals surface area contributed by atoms with Gasteiger partial charge < -0.3 is 14.8 Å². The minimum atomic E-state index is -1.84. The molecule has 1 amide bonds. The topological polar surface area (TPSA) is 52.6 Å². The number of rotatable bonds is 2. The molecule has 0 bridgehead atoms. The van der Waals surface area contributed by atoms with Crippen LogP contribution in [0.2, 0.25) is 18.1 Å². The highest BCUT2D eigenvalue weighted by atomic mass is 28.3. The molecule has 18 heavy (non-hydrogen) atoms. The minimum Gasteiger partial charge on any atom is -0.507 e. The second-order valence-electron chi connectivity index (χ2n) is 6.27. The summed E-state index contributed by atoms with van der Waals surface area (Å²) < 4.78 is 2.13. The van der Waals surface area contributed by atoms with Crippen LogP contribution in [0.3, 0.4) is 0 Å². The number of aliphatic hydroxyl groups is 1. The molecule has 4 nitrogen and oxygen atoms in total. The van der Waals surface area contributed by atoms with E-state index >= 15 is 0 Å². The summed E-state index contributed by atoms with van der Waals surface area (Å²) in [5, 5.41) is 12.7. The number of aliphatic hydroxyl groups excluding tert-OH is 1. The standard InChI is InChI=1S/C12H23BN2O2Si/c1-10(16)14-13-8-7-11(17)9-15(13)18(5,6)12(2,3)4/h7-9,17H,1-6H3,(H,14,16). The molecular formula is C12H23BN2O2Si. The van der Waals surface area contributed by atoms with E-state index in [2.05, 4.69) is 43.6 Å². The van der Waals surface area contributed by atoms with Crippen LogP contribution in [-0.2, 0) is 4.79 Å². The van der Waals surface area contributed by atoms with Gasteiger partial charge in [-0.2, -0.15) is 0 Å². The van der Waals surface area contributed by atoms with Gasteiger partial charge in [0.1, 0.15) is 14.0 Å². The number of amides is 1. The van der Waals surface area contributed by atoms with E-state index in [0.717, 1.165) is 0 Å². The van der Waals surface area contributed by atoms with Crippen LogP contribution in [0.4, 0.5) is 0 Å². The van der Waals surface area contributed by atoms with Crippen molar-refractivity contribution in [2.45, 2.75) is 45.8 Å². The van der Waals surface area contributed by atoms with E-state index in [0.29, 0.717) is 0 Å². The van der Waals surface area contributed by atoms with Crippen LogP contribution >= 0.6 is 0 Å². The SMILES string of the molecule is CC(=O)NB1C=CC(O)=CN1[Si](C)(C)C(C)(C)C. The van der Waals surface area contributed by atoms with Crippen molar-refractivity contribution in [1.29, 1.82) is 0 Å². The fraction of sp³-hybridized carbons (Fsp3) is 0.583. The summed E-state index contributed by atoms with van der Waals surface area (Å²) in [5.41, 5.74) is 0. The van der Waals surface area contributed by atoms with Gasteiger partial charge in [-0.3, -0.25) is 4.79 Å². The Morgan fingerprint density at radius 3 is 2.44 bits per heavy atom. The van der Waals surface area contributed by atoms with E-state index in [-0.39, 0.29) is 23.7 Å². The van der Waals surface area contributed by atoms with Crippen LogP contribution < -0.4 is 5.23 Å². The lowest BCUT2D eigenvalue weighted by Gasteiger charge is -2.48. The van der Waals surface area contributed by atoms with Crippen molar-refractivity contribution in [2.75, 3.05) is 0 Å². The predicted octanol–water partition coefficient (Wildman–Crippen LogP) is 2.43. The third-order valence-electron chi connectivity index (χ3n) is 3.85. The number of nitrogens with one attached hydrogen (secondary N) is 1. The van der Waals surface area contributed by atoms with E-state index < -0.39 is 8.24 Å². The quantitative estimate of drug-likeness (QED) is 0.755. The van der Waals surface area contributed by atoms with Gasteiger partial charge in [-0.1, -0.05) is 39.8 Å². The van der Waals surface area contributed by atoms with E-state index in [4.69, 9.17) is 0 Å². The lowest BCUT2D eigenvalue weighted by molar-refractivity contribution is -0.117. The van der Waals surface area contributed by atoms with Gasteiger partial charge in [0.25, 0.3) is 0 Å². The number of carbonyl (C=O) groups is 1. The van der Waals surface area contributed by atoms with Crippen molar-refractivity contribution >= 4 is 21.1 Å². The van der Waals surface area contributed by atoms with E-state index in [9.17, 15) is 9.90 Å². The fourth-order valence-electron chi connectivity index (χ4n) is 1.77. The van der Waals surface area contributed by atoms with Crippen molar-refractivity contribution in [3.8, 4) is 0 Å². The van der Waals surface area contributed by atoms with Crippen molar-refractivity contribution in [3.63, 3.8) is 0 Å². The molecule has 2 N–H and O–H groups in total. The Bertz CT molecular complexity index is 399. The molecule has 0 aromatic heterocycles. The summed E-state index contributed by atoms with van der Waals surface area (Å²) in [5.74, 6) is 2.00. The average molecular weight is 266 g/mol. The van der Waals surface area contributed by atoms with Crippen molar-refractivity contribution in [2.24, 2.45) is 0 Å². The molecule has 0 saturated heterocycles. The third kappa shape index (κ3) is 2.99. The molecule has 100 valence electrons. The van der Waals surface area contributed by atoms with E-state index in [1.165, 1.54) is 6.92 Å². The maximum absolute atomic E-state index is 11.3. The fourth-order valence-corrected chi connectivity index (χ4v) is 3.85. The number of carbonyl (C=O) groups excluding carboxylic acids is 1. The van der Waals surface area contributed by atoms with Crippen LogP contribution in [-0.4, -0.2) is 30.7 Å². The smallest absolute Gasteiger partial charge is 0.394 e. The van der Waals surface area contributed by atoms with Gasteiger partial charge in [-0.05, 0) is 11.1 Å². The van der Waals surface area contributed by atoms with Crippen LogP contribution in [0.15, 0.2) is 24.0 Å². The minimum absolute atomic E-state index is 0.0665. The molecule has 0 unspecified atom stereocenters. The van der Waals surface area contributed by atoms with Gasteiger partial charge in [0.15, 0.2) is 0 Å². The lowest BCUT2D eigenvalue weighted by atomic mass is 9.75. The van der Waals surface area contributed by atoms with Crippen LogP contribution in [0, 0.1) is 0 Å². The van der Waals surface area contributed by atoms with E-state index in [1.54, 1.807) is 12.3 Å². The molecule has 1 heterocycles. The summed E-state index contributed by atoms with van der Waals surface area (Å²) in [7, 11) is -1.84. The van der Waals surface area contributed by atoms with Gasteiger partial charge in [0.05, 0.1) is 0 Å². The van der Waals surface area contributed by atoms with Crippen molar-refractivity contribution < 1.29 is 9.90 Å². The monoisotopic (exact) mass is 266 g/mol. The number of hydrogen-bond acceptors (Lipinski definition) is 3. The molecule has 0 saturated carbocycles. The van der Waals surface area contributed by atoms with Gasteiger partial charge in [-0.25, -0.2) is 0 Å². The number of nitrogens with zero attached hydrogens (tertiary/aromatic N) is 1. The first-order valence-electron chi connectivity index (χ1n) is 6.20. The molecule has 1 rings (SSSR count). The number of allylic oxidation sites excluding steroid dienone is 1. The summed E-state index contributed by atoms with van der Waals surface area (Å²) in [4.78, 5) is 11.3. The van der Waals surface area contributed by atoms with Crippen molar-refractivity contribution in [1.82, 2.24) is 9.70 Å². The Balaban J connectivity index is 3.08. The van der Waals surface area contributed by atoms with Gasteiger partial charge in [0.2, 0.25) is 5.91 Å². The molecule has 0 spiro atoms. The largest absolute Gasteiger partial charge is 0.507 e. The summed E-state index contributed by atoms with van der Waals surface area (Å²) in [6, 6.07) is 0. The molecular weight excluding hydrogens is 243 g/mol. The Hall–Kier alpha value is -1.17. The Kier molecular flexibility index (Phi) is 4.00. The lowest BCUT2D eigenvalue weighted by Crippen LogP contribution is -2.63. The Labute approximate surface area is 111 Å². The predicted molar refractivity (Wildman–Crippen MR) is 78.5 cm³/mol. The molecule has 0 fully saturated rings. The second-order valence-corrected chi connectivity index (χ2v) is 11.4. The van der Waals surface area contributed by atoms with Crippen LogP contribution in [0.1, 0.15) is 27.7 Å². The Morgan fingerprint density at radius 2 is 2.00 bits per heavy atom. The number of hydrogen-bond donors (Lipinski definition) is 2. The maximum Gasteiger partial charge on any atom is 0.394 e. The van der Waals surface area contributed by atoms with Gasteiger partial charge >= 0.3 is 6.98 Å². The Morgan fingerprint density at radius 1 is 1.44 bits per heavy atom. The normalized spacial score (nSPS) is 16.7. The molecule has 0 atom stereocenters. The van der Waals surface area contributed by atoms with Crippen molar-refractivity contribution in [3.05, 3.63) is 24.0 Å². The second kappa shape index (κ2) is 4.84. The molecule has 6 heteroatoms. The van der Waals surface area contributed by atoms with Gasteiger partial charge in [0, 0.05) is 13.1 Å². The summed E-state index contributed by atoms with van der Waals surface area (Å²) in [6.45, 7) is 12.4. The first-order chi connectivity index (χ1) is 8.05. The average Bonchev–Trinajstić information content (AvgIpc) is 2.18. The zero-order valence-electron chi connectivity index (χ0n) is 12.1. The molecule has 0 radical (unpaired) electrons. The molecule has 1 aliphatic rings. The van der Waals surface area contributed by atoms with E-state index in [1.807, 2.05) is 5.98 Å². The van der Waals surface area contributed by atoms with Crippen LogP contribution in [0.25, 0.3) is 0 Å². The highest BCUT2D eigenvalue weighted by molar-refractivity contribution is 6.87. The third-order valence-corrected chi connectivity index (χ3v) is 9.22. The van der Waals surface area contributed by atoms with Crippen LogP contribution in [0.5, 0.6) is 0 Å². The highest BCUT2D eigenvalue weighted by Crippen LogP contribution is 2.39. The van der Waals surface area contributed by atoms with Gasteiger partial charge in [-0.15, -0.1) is 0 Å².